The minimum atomic E-state index is -0.788. The molecule has 210 valence electrons. The molecule has 0 aliphatic carbocycles. The Balaban J connectivity index is 1.65. The summed E-state index contributed by atoms with van der Waals surface area (Å²) in [6, 6.07) is 18.0. The monoisotopic (exact) mass is 778 g/mol. The summed E-state index contributed by atoms with van der Waals surface area (Å²) >= 11 is 18.5. The Kier molecular flexibility index (Phi) is 9.35. The van der Waals surface area contributed by atoms with E-state index in [1.165, 1.54) is 15.9 Å². The summed E-state index contributed by atoms with van der Waals surface area (Å²) < 4.78 is 16.1. The van der Waals surface area contributed by atoms with Crippen LogP contribution in [-0.4, -0.2) is 17.1 Å². The zero-order valence-corrected chi connectivity index (χ0v) is 28.1. The highest BCUT2D eigenvalue weighted by Crippen LogP contribution is 2.36. The second kappa shape index (κ2) is 12.8. The number of aromatic nitrogens is 1. The first-order chi connectivity index (χ1) is 19.7. The molecular formula is C30H22Br3ClN2O4S. The number of benzene rings is 3. The number of nitrogens with zero attached hydrogens (tertiary/aromatic N) is 2. The molecule has 1 aliphatic heterocycles. The zero-order chi connectivity index (χ0) is 29.3. The number of carbonyl (C=O) groups excluding carboxylic acids is 1. The molecule has 1 atom stereocenters. The summed E-state index contributed by atoms with van der Waals surface area (Å²) in [4.78, 5) is 32.3. The maximum absolute atomic E-state index is 14.0. The van der Waals surface area contributed by atoms with E-state index >= 15 is 0 Å². The van der Waals surface area contributed by atoms with Crippen LogP contribution < -0.4 is 19.6 Å². The molecule has 0 unspecified atom stereocenters. The Bertz CT molecular complexity index is 1870. The van der Waals surface area contributed by atoms with E-state index in [1.54, 1.807) is 32.1 Å². The van der Waals surface area contributed by atoms with E-state index in [0.717, 1.165) is 19.0 Å². The number of hydrogen-bond acceptors (Lipinski definition) is 6. The van der Waals surface area contributed by atoms with Crippen molar-refractivity contribution >= 4 is 82.8 Å². The topological polar surface area (TPSA) is 69.9 Å². The van der Waals surface area contributed by atoms with Crippen molar-refractivity contribution in [1.82, 2.24) is 4.57 Å². The van der Waals surface area contributed by atoms with Crippen LogP contribution >= 0.6 is 70.7 Å². The number of carbonyl (C=O) groups is 1. The normalized spacial score (nSPS) is 15.0. The molecule has 1 aliphatic rings. The van der Waals surface area contributed by atoms with Crippen LogP contribution in [0.15, 0.2) is 95.1 Å². The van der Waals surface area contributed by atoms with Gasteiger partial charge in [-0.2, -0.15) is 0 Å². The van der Waals surface area contributed by atoms with Crippen molar-refractivity contribution in [2.75, 3.05) is 6.61 Å². The third-order valence-corrected chi connectivity index (χ3v) is 9.24. The van der Waals surface area contributed by atoms with Crippen molar-refractivity contribution in [2.45, 2.75) is 26.5 Å². The van der Waals surface area contributed by atoms with Crippen molar-refractivity contribution in [1.29, 1.82) is 0 Å². The van der Waals surface area contributed by atoms with Gasteiger partial charge in [0.2, 0.25) is 0 Å². The fourth-order valence-electron chi connectivity index (χ4n) is 4.50. The quantitative estimate of drug-likeness (QED) is 0.185. The van der Waals surface area contributed by atoms with Crippen LogP contribution in [0.1, 0.15) is 36.6 Å². The van der Waals surface area contributed by atoms with Crippen LogP contribution in [0.25, 0.3) is 6.08 Å². The van der Waals surface area contributed by atoms with Crippen LogP contribution in [0.5, 0.6) is 5.75 Å². The van der Waals surface area contributed by atoms with Gasteiger partial charge in [-0.1, -0.05) is 85.1 Å². The fraction of sp³-hybridized carbons (Fsp3) is 0.167. The highest BCUT2D eigenvalue weighted by atomic mass is 79.9. The Hall–Kier alpha value is -2.50. The van der Waals surface area contributed by atoms with E-state index in [-0.39, 0.29) is 17.7 Å². The predicted molar refractivity (Wildman–Crippen MR) is 172 cm³/mol. The lowest BCUT2D eigenvalue weighted by Crippen LogP contribution is -2.40. The first kappa shape index (κ1) is 30.0. The number of ether oxygens (including phenoxy) is 2. The maximum Gasteiger partial charge on any atom is 0.338 e. The van der Waals surface area contributed by atoms with Crippen molar-refractivity contribution in [2.24, 2.45) is 4.99 Å². The summed E-state index contributed by atoms with van der Waals surface area (Å²) in [6.07, 6.45) is 1.78. The largest absolute Gasteiger partial charge is 0.487 e. The van der Waals surface area contributed by atoms with E-state index in [2.05, 4.69) is 52.8 Å². The molecule has 0 N–H and O–H groups in total. The molecule has 2 heterocycles. The van der Waals surface area contributed by atoms with E-state index in [9.17, 15) is 9.59 Å². The molecule has 5 rings (SSSR count). The average Bonchev–Trinajstić information content (AvgIpc) is 3.23. The Morgan fingerprint density at radius 2 is 1.83 bits per heavy atom. The summed E-state index contributed by atoms with van der Waals surface area (Å²) in [5.41, 5.74) is 2.76. The zero-order valence-electron chi connectivity index (χ0n) is 21.8. The fourth-order valence-corrected chi connectivity index (χ4v) is 7.41. The smallest absolute Gasteiger partial charge is 0.338 e. The molecule has 0 saturated heterocycles. The Morgan fingerprint density at radius 1 is 1.10 bits per heavy atom. The highest BCUT2D eigenvalue weighted by Gasteiger charge is 2.34. The van der Waals surface area contributed by atoms with Crippen molar-refractivity contribution in [3.05, 3.63) is 127 Å². The molecule has 0 bridgehead atoms. The van der Waals surface area contributed by atoms with Gasteiger partial charge in [-0.15, -0.1) is 0 Å². The number of hydrogen-bond donors (Lipinski definition) is 0. The van der Waals surface area contributed by atoms with Gasteiger partial charge in [-0.25, -0.2) is 9.79 Å². The van der Waals surface area contributed by atoms with Gasteiger partial charge in [0, 0.05) is 19.5 Å². The van der Waals surface area contributed by atoms with Gasteiger partial charge in [-0.3, -0.25) is 9.36 Å². The Labute approximate surface area is 270 Å². The summed E-state index contributed by atoms with van der Waals surface area (Å²) in [5.74, 6) is 0.0560. The van der Waals surface area contributed by atoms with Gasteiger partial charge < -0.3 is 9.47 Å². The molecule has 41 heavy (non-hydrogen) atoms. The number of rotatable bonds is 7. The minimum absolute atomic E-state index is 0.191. The molecule has 11 heteroatoms. The van der Waals surface area contributed by atoms with Crippen molar-refractivity contribution in [3.63, 3.8) is 0 Å². The maximum atomic E-state index is 14.0. The van der Waals surface area contributed by atoms with E-state index in [1.807, 2.05) is 48.5 Å². The second-order valence-corrected chi connectivity index (χ2v) is 13.1. The Morgan fingerprint density at radius 3 is 2.54 bits per heavy atom. The molecular weight excluding hydrogens is 760 g/mol. The predicted octanol–water partition coefficient (Wildman–Crippen LogP) is 7.32. The van der Waals surface area contributed by atoms with Crippen molar-refractivity contribution in [3.8, 4) is 5.75 Å². The highest BCUT2D eigenvalue weighted by molar-refractivity contribution is 9.11. The SMILES string of the molecule is CCOC(=O)C1=C(C)N=c2s/c(=C\c3cc(Br)cc(Br)c3OCc3ccc(Br)cc3)c(=O)n2[C@H]1c1ccccc1Cl. The van der Waals surface area contributed by atoms with E-state index in [4.69, 9.17) is 21.1 Å². The second-order valence-electron chi connectivity index (χ2n) is 9.04. The molecule has 0 saturated carbocycles. The lowest BCUT2D eigenvalue weighted by Gasteiger charge is -2.25. The third-order valence-electron chi connectivity index (χ3n) is 6.34. The summed E-state index contributed by atoms with van der Waals surface area (Å²) in [7, 11) is 0. The number of fused-ring (bicyclic) bond motifs is 1. The van der Waals surface area contributed by atoms with Gasteiger partial charge >= 0.3 is 5.97 Å². The molecule has 6 nitrogen and oxygen atoms in total. The van der Waals surface area contributed by atoms with Gasteiger partial charge in [-0.05, 0) is 77.3 Å². The first-order valence-corrected chi connectivity index (χ1v) is 16.1. The van der Waals surface area contributed by atoms with E-state index < -0.39 is 12.0 Å². The van der Waals surface area contributed by atoms with Crippen LogP contribution in [0, 0.1) is 0 Å². The third kappa shape index (κ3) is 6.32. The minimum Gasteiger partial charge on any atom is -0.487 e. The lowest BCUT2D eigenvalue weighted by atomic mass is 9.96. The van der Waals surface area contributed by atoms with Gasteiger partial charge in [0.25, 0.3) is 5.56 Å². The number of allylic oxidation sites excluding steroid dienone is 1. The molecule has 4 aromatic rings. The van der Waals surface area contributed by atoms with E-state index in [0.29, 0.717) is 43.5 Å². The van der Waals surface area contributed by atoms with Crippen LogP contribution in [0.3, 0.4) is 0 Å². The van der Waals surface area contributed by atoms with Crippen LogP contribution in [-0.2, 0) is 16.1 Å². The first-order valence-electron chi connectivity index (χ1n) is 12.5. The number of thiazole rings is 1. The molecule has 0 radical (unpaired) electrons. The van der Waals surface area contributed by atoms with Gasteiger partial charge in [0.1, 0.15) is 18.4 Å². The molecule has 0 fully saturated rings. The molecule has 0 amide bonds. The average molecular weight is 782 g/mol. The van der Waals surface area contributed by atoms with Crippen LogP contribution in [0.2, 0.25) is 5.02 Å². The number of esters is 1. The molecule has 3 aromatic carbocycles. The van der Waals surface area contributed by atoms with Crippen LogP contribution in [0.4, 0.5) is 0 Å². The number of halogens is 4. The lowest BCUT2D eigenvalue weighted by molar-refractivity contribution is -0.139. The summed E-state index contributed by atoms with van der Waals surface area (Å²) in [6.45, 7) is 4.01. The van der Waals surface area contributed by atoms with Crippen molar-refractivity contribution < 1.29 is 14.3 Å². The van der Waals surface area contributed by atoms with Gasteiger partial charge in [0.15, 0.2) is 4.80 Å². The molecule has 0 spiro atoms. The standard InChI is InChI=1S/C30H22Br3ClN2O4S/c1-3-39-29(38)25-16(2)35-30-36(26(25)21-6-4-5-7-23(21)34)28(37)24(41-30)13-18-12-20(32)14-22(33)27(18)40-15-17-8-10-19(31)11-9-17/h4-14,26H,3,15H2,1-2H3/b24-13-/t26-/m0/s1. The summed E-state index contributed by atoms with van der Waals surface area (Å²) in [5, 5.41) is 0.433. The molecule has 1 aromatic heterocycles. The van der Waals surface area contributed by atoms with Gasteiger partial charge in [0.05, 0.1) is 26.9 Å².